The van der Waals surface area contributed by atoms with Gasteiger partial charge in [0, 0.05) is 38.9 Å². The van der Waals surface area contributed by atoms with Crippen molar-refractivity contribution < 1.29 is 19.0 Å². The Bertz CT molecular complexity index is 1070. The average molecular weight is 417 g/mol. The minimum Gasteiger partial charge on any atom is -0.454 e. The van der Waals surface area contributed by atoms with E-state index >= 15 is 0 Å². The summed E-state index contributed by atoms with van der Waals surface area (Å²) in [4.78, 5) is 21.7. The van der Waals surface area contributed by atoms with E-state index < -0.39 is 0 Å². The van der Waals surface area contributed by atoms with Crippen molar-refractivity contribution in [3.63, 3.8) is 0 Å². The van der Waals surface area contributed by atoms with Crippen molar-refractivity contribution in [2.75, 3.05) is 33.0 Å². The molecule has 3 heterocycles. The summed E-state index contributed by atoms with van der Waals surface area (Å²) in [6, 6.07) is 19.0. The maximum atomic E-state index is 13.2. The number of amides is 1. The fourth-order valence-electron chi connectivity index (χ4n) is 3.81. The van der Waals surface area contributed by atoms with Crippen LogP contribution in [0.1, 0.15) is 15.9 Å². The first-order valence-electron chi connectivity index (χ1n) is 10.3. The molecule has 5 rings (SSSR count). The molecule has 1 saturated heterocycles. The van der Waals surface area contributed by atoms with Crippen LogP contribution in [0.25, 0.3) is 0 Å². The van der Waals surface area contributed by atoms with E-state index in [4.69, 9.17) is 14.2 Å². The molecule has 1 fully saturated rings. The maximum Gasteiger partial charge on any atom is 0.259 e. The number of aromatic nitrogens is 1. The Morgan fingerprint density at radius 3 is 2.58 bits per heavy atom. The molecule has 7 heteroatoms. The third-order valence-electron chi connectivity index (χ3n) is 5.46. The number of hydrogen-bond acceptors (Lipinski definition) is 6. The van der Waals surface area contributed by atoms with E-state index in [1.807, 2.05) is 47.4 Å². The molecule has 0 atom stereocenters. The third kappa shape index (κ3) is 4.32. The van der Waals surface area contributed by atoms with Crippen LogP contribution < -0.4 is 14.2 Å². The molecule has 0 N–H and O–H groups in total. The lowest BCUT2D eigenvalue weighted by Crippen LogP contribution is -2.48. The SMILES string of the molecule is O=C(c1cccnc1Oc1ccccc1)N1CCN(Cc2ccc3c(c2)OCO3)CC1. The number of pyridine rings is 1. The highest BCUT2D eigenvalue weighted by Crippen LogP contribution is 2.33. The first kappa shape index (κ1) is 19.4. The molecule has 1 aromatic heterocycles. The van der Waals surface area contributed by atoms with Crippen LogP contribution in [0.4, 0.5) is 0 Å². The van der Waals surface area contributed by atoms with Crippen molar-refractivity contribution >= 4 is 5.91 Å². The van der Waals surface area contributed by atoms with E-state index in [2.05, 4.69) is 16.0 Å². The van der Waals surface area contributed by atoms with Crippen LogP contribution in [0.3, 0.4) is 0 Å². The normalized spacial score (nSPS) is 15.7. The molecule has 0 aliphatic carbocycles. The molecule has 31 heavy (non-hydrogen) atoms. The minimum absolute atomic E-state index is 0.0539. The molecule has 2 aliphatic rings. The Kier molecular flexibility index (Phi) is 5.41. The first-order valence-corrected chi connectivity index (χ1v) is 10.3. The van der Waals surface area contributed by atoms with Gasteiger partial charge in [0.15, 0.2) is 11.5 Å². The minimum atomic E-state index is -0.0539. The first-order chi connectivity index (χ1) is 15.3. The fourth-order valence-corrected chi connectivity index (χ4v) is 3.81. The van der Waals surface area contributed by atoms with Gasteiger partial charge in [-0.25, -0.2) is 4.98 Å². The highest BCUT2D eigenvalue weighted by molar-refractivity contribution is 5.96. The lowest BCUT2D eigenvalue weighted by molar-refractivity contribution is 0.0625. The van der Waals surface area contributed by atoms with E-state index in [0.717, 1.165) is 31.1 Å². The van der Waals surface area contributed by atoms with Crippen LogP contribution in [0.5, 0.6) is 23.1 Å². The van der Waals surface area contributed by atoms with Gasteiger partial charge >= 0.3 is 0 Å². The summed E-state index contributed by atoms with van der Waals surface area (Å²) < 4.78 is 16.7. The number of para-hydroxylation sites is 1. The number of fused-ring (bicyclic) bond motifs is 1. The average Bonchev–Trinajstić information content (AvgIpc) is 3.28. The highest BCUT2D eigenvalue weighted by Gasteiger charge is 2.25. The van der Waals surface area contributed by atoms with Crippen molar-refractivity contribution in [2.45, 2.75) is 6.54 Å². The number of benzene rings is 2. The molecule has 7 nitrogen and oxygen atoms in total. The summed E-state index contributed by atoms with van der Waals surface area (Å²) in [5.41, 5.74) is 1.66. The van der Waals surface area contributed by atoms with Crippen LogP contribution in [0, 0.1) is 0 Å². The van der Waals surface area contributed by atoms with Gasteiger partial charge in [0.25, 0.3) is 5.91 Å². The van der Waals surface area contributed by atoms with Crippen LogP contribution in [-0.2, 0) is 6.54 Å². The van der Waals surface area contributed by atoms with Gasteiger partial charge < -0.3 is 19.1 Å². The topological polar surface area (TPSA) is 64.1 Å². The number of rotatable bonds is 5. The zero-order valence-corrected chi connectivity index (χ0v) is 17.1. The van der Waals surface area contributed by atoms with Gasteiger partial charge in [-0.15, -0.1) is 0 Å². The predicted octanol–water partition coefficient (Wildman–Crippen LogP) is 3.56. The van der Waals surface area contributed by atoms with Crippen LogP contribution in [-0.4, -0.2) is 53.7 Å². The van der Waals surface area contributed by atoms with Gasteiger partial charge in [-0.3, -0.25) is 9.69 Å². The summed E-state index contributed by atoms with van der Waals surface area (Å²) >= 11 is 0. The second kappa shape index (κ2) is 8.65. The molecule has 3 aromatic rings. The molecule has 2 aromatic carbocycles. The van der Waals surface area contributed by atoms with Gasteiger partial charge in [-0.1, -0.05) is 24.3 Å². The fraction of sp³-hybridized carbons (Fsp3) is 0.250. The van der Waals surface area contributed by atoms with Crippen molar-refractivity contribution in [3.05, 3.63) is 78.0 Å². The maximum absolute atomic E-state index is 13.2. The lowest BCUT2D eigenvalue weighted by Gasteiger charge is -2.35. The van der Waals surface area contributed by atoms with Crippen molar-refractivity contribution in [2.24, 2.45) is 0 Å². The molecule has 0 spiro atoms. The third-order valence-corrected chi connectivity index (χ3v) is 5.46. The standard InChI is InChI=1S/C24H23N3O4/c28-24(20-7-4-10-25-23(20)31-19-5-2-1-3-6-19)27-13-11-26(12-14-27)16-18-8-9-21-22(15-18)30-17-29-21/h1-10,15H,11-14,16-17H2. The lowest BCUT2D eigenvalue weighted by atomic mass is 10.1. The molecule has 158 valence electrons. The summed E-state index contributed by atoms with van der Waals surface area (Å²) in [6.07, 6.45) is 1.64. The van der Waals surface area contributed by atoms with E-state index in [0.29, 0.717) is 30.3 Å². The Morgan fingerprint density at radius 1 is 0.935 bits per heavy atom. The summed E-state index contributed by atoms with van der Waals surface area (Å²) in [7, 11) is 0. The number of carbonyl (C=O) groups excluding carboxylic acids is 1. The number of nitrogens with zero attached hydrogens (tertiary/aromatic N) is 3. The molecular weight excluding hydrogens is 394 g/mol. The quantitative estimate of drug-likeness (QED) is 0.633. The van der Waals surface area contributed by atoms with Crippen molar-refractivity contribution in [1.82, 2.24) is 14.8 Å². The summed E-state index contributed by atoms with van der Waals surface area (Å²) in [5, 5.41) is 0. The molecule has 0 unspecified atom stereocenters. The van der Waals surface area contributed by atoms with E-state index in [9.17, 15) is 4.79 Å². The Morgan fingerprint density at radius 2 is 1.74 bits per heavy atom. The smallest absolute Gasteiger partial charge is 0.259 e. The van der Waals surface area contributed by atoms with E-state index in [1.54, 1.807) is 18.3 Å². The van der Waals surface area contributed by atoms with Gasteiger partial charge in [0.2, 0.25) is 12.7 Å². The second-order valence-electron chi connectivity index (χ2n) is 7.53. The Hall–Kier alpha value is -3.58. The Labute approximate surface area is 180 Å². The molecule has 1 amide bonds. The van der Waals surface area contributed by atoms with Crippen LogP contribution in [0.15, 0.2) is 66.9 Å². The van der Waals surface area contributed by atoms with Gasteiger partial charge in [-0.05, 0) is 42.0 Å². The van der Waals surface area contributed by atoms with Crippen LogP contribution >= 0.6 is 0 Å². The van der Waals surface area contributed by atoms with Gasteiger partial charge in [0.05, 0.1) is 0 Å². The number of hydrogen-bond donors (Lipinski definition) is 0. The number of carbonyl (C=O) groups is 1. The summed E-state index contributed by atoms with van der Waals surface area (Å²) in [5.74, 6) is 2.53. The monoisotopic (exact) mass is 417 g/mol. The largest absolute Gasteiger partial charge is 0.454 e. The molecule has 0 saturated carbocycles. The van der Waals surface area contributed by atoms with Crippen LogP contribution in [0.2, 0.25) is 0 Å². The molecule has 0 bridgehead atoms. The predicted molar refractivity (Wildman–Crippen MR) is 114 cm³/mol. The molecule has 2 aliphatic heterocycles. The van der Waals surface area contributed by atoms with Crippen molar-refractivity contribution in [3.8, 4) is 23.1 Å². The van der Waals surface area contributed by atoms with Gasteiger partial charge in [-0.2, -0.15) is 0 Å². The number of ether oxygens (including phenoxy) is 3. The molecule has 0 radical (unpaired) electrons. The van der Waals surface area contributed by atoms with Gasteiger partial charge in [0.1, 0.15) is 11.3 Å². The summed E-state index contributed by atoms with van der Waals surface area (Å²) in [6.45, 7) is 4.01. The Balaban J connectivity index is 1.21. The molecular formula is C24H23N3O4. The van der Waals surface area contributed by atoms with E-state index in [1.165, 1.54) is 5.56 Å². The second-order valence-corrected chi connectivity index (χ2v) is 7.53. The number of piperazine rings is 1. The van der Waals surface area contributed by atoms with E-state index in [-0.39, 0.29) is 12.7 Å². The van der Waals surface area contributed by atoms with Crippen molar-refractivity contribution in [1.29, 1.82) is 0 Å². The zero-order valence-electron chi connectivity index (χ0n) is 17.1. The zero-order chi connectivity index (χ0) is 21.0. The highest BCUT2D eigenvalue weighted by atomic mass is 16.7.